The summed E-state index contributed by atoms with van der Waals surface area (Å²) in [6.07, 6.45) is 1.75. The van der Waals surface area contributed by atoms with Crippen molar-refractivity contribution < 1.29 is 129 Å². The van der Waals surface area contributed by atoms with E-state index in [0.717, 1.165) is 101 Å². The zero-order valence-electron chi connectivity index (χ0n) is 77.9. The van der Waals surface area contributed by atoms with Crippen LogP contribution in [0, 0.1) is 0 Å². The van der Waals surface area contributed by atoms with E-state index in [0.29, 0.717) is 13.1 Å². The second-order valence-corrected chi connectivity index (χ2v) is 20.5. The Balaban J connectivity index is -0.0000000122. The number of hydrogen-bond acceptors (Lipinski definition) is 25. The van der Waals surface area contributed by atoms with Gasteiger partial charge in [0.2, 0.25) is 0 Å². The summed E-state index contributed by atoms with van der Waals surface area (Å²) >= 11 is 2.33. The van der Waals surface area contributed by atoms with Crippen LogP contribution in [0.15, 0.2) is 0 Å². The first kappa shape index (κ1) is 246. The van der Waals surface area contributed by atoms with Crippen molar-refractivity contribution in [3.63, 3.8) is 0 Å². The molecule has 0 spiro atoms. The molecule has 0 aromatic heterocycles. The van der Waals surface area contributed by atoms with E-state index in [4.69, 9.17) is 118 Å². The van der Waals surface area contributed by atoms with Gasteiger partial charge in [0, 0.05) is 208 Å². The summed E-state index contributed by atoms with van der Waals surface area (Å²) < 4.78 is 77.9. The second kappa shape index (κ2) is 480. The van der Waals surface area contributed by atoms with Crippen LogP contribution in [0.4, 0.5) is 0 Å². The van der Waals surface area contributed by atoms with Gasteiger partial charge in [-0.3, -0.25) is 0 Å². The molecule has 21 N–H and O–H groups in total. The molecule has 0 bridgehead atoms. The standard InChI is InChI=1S/2C6H17NO3Si.2C5H14O3Si.16C2H6.9CH4O.4Al.4H2O.2O/c2*1-8-11(9-2,10-3)6-4-5-7;2*1-5-9(6-2,7-3)8-4;25*1-2;;;;;;;;;;/h2*4-7H2,1-3H3;2*5H2,1-4H3;16*1-2H3;9*2H,1H3;;;;;4*1H2;;. The van der Waals surface area contributed by atoms with E-state index in [1.807, 2.05) is 235 Å². The number of hydrogen-bond donors (Lipinski definition) is 11. The summed E-state index contributed by atoms with van der Waals surface area (Å²) in [4.78, 5) is 0. The molecule has 0 saturated carbocycles. The van der Waals surface area contributed by atoms with Crippen LogP contribution in [0.1, 0.15) is 248 Å². The van der Waals surface area contributed by atoms with Gasteiger partial charge in [-0.15, -0.1) is 0 Å². The molecule has 0 aliphatic rings. The fourth-order valence-corrected chi connectivity index (χ4v) is 9.35. The van der Waals surface area contributed by atoms with Gasteiger partial charge in [0.15, 0.2) is 0 Å². The third-order valence-corrected chi connectivity index (χ3v) is 17.1. The van der Waals surface area contributed by atoms with Gasteiger partial charge in [-0.1, -0.05) is 235 Å². The third kappa shape index (κ3) is 337. The first-order chi connectivity index (χ1) is 46.0. The van der Waals surface area contributed by atoms with Crippen LogP contribution in [0.3, 0.4) is 0 Å². The van der Waals surface area contributed by atoms with Gasteiger partial charge in [-0.05, 0) is 25.9 Å². The van der Waals surface area contributed by atoms with E-state index in [2.05, 4.69) is 0 Å². The molecule has 0 aromatic carbocycles. The van der Waals surface area contributed by atoms with Crippen LogP contribution >= 0.6 is 0 Å². The van der Waals surface area contributed by atoms with Crippen molar-refractivity contribution in [3.8, 4) is 0 Å². The van der Waals surface area contributed by atoms with E-state index in [-0.39, 0.29) is 56.6 Å². The number of aliphatic hydroxyl groups excluding tert-OH is 9. The van der Waals surface area contributed by atoms with E-state index in [9.17, 15) is 0 Å². The number of aliphatic hydroxyl groups is 9. The number of nitrogens with two attached hydrogens (primary N) is 2. The summed E-state index contributed by atoms with van der Waals surface area (Å²) in [7, 11) is 19.3. The van der Waals surface area contributed by atoms with Gasteiger partial charge in [0.05, 0.1) is 0 Å². The molecule has 0 atom stereocenters. The van der Waals surface area contributed by atoms with Crippen molar-refractivity contribution in [1.82, 2.24) is 0 Å². The first-order valence-corrected chi connectivity index (χ1v) is 42.2. The Bertz CT molecular complexity index is 528. The molecule has 0 saturated heterocycles. The van der Waals surface area contributed by atoms with Crippen molar-refractivity contribution >= 4 is 102 Å². The maximum absolute atomic E-state index is 8.17. The van der Waals surface area contributed by atoms with Crippen LogP contribution < -0.4 is 11.5 Å². The molecule has 29 nitrogen and oxygen atoms in total. The van der Waals surface area contributed by atoms with Gasteiger partial charge in [-0.2, -0.15) is 0 Å². The maximum atomic E-state index is 8.17. The van der Waals surface area contributed by atoms with Crippen molar-refractivity contribution in [1.29, 1.82) is 0 Å². The molecule has 0 aromatic rings. The predicted octanol–water partition coefficient (Wildman–Crippen LogP) is 10.0. The quantitative estimate of drug-likeness (QED) is 0.0505. The molecule has 0 fully saturated rings. The topological polar surface area (TPSA) is 505 Å². The summed E-state index contributed by atoms with van der Waals surface area (Å²) in [6, 6.07) is 3.20. The molecule has 8 radical (unpaired) electrons. The van der Waals surface area contributed by atoms with Gasteiger partial charge < -0.3 is 132 Å². The first-order valence-electron chi connectivity index (χ1n) is 33.5. The van der Waals surface area contributed by atoms with Crippen LogP contribution in [-0.2, 0) is 60.7 Å². The Morgan fingerprint density at radius 3 is 0.320 bits per heavy atom. The average molecular weight is 1640 g/mol. The minimum atomic E-state index is -2.32. The molecular weight excluding hydrogens is 1440 g/mol. The molecule has 0 amide bonds. The Kier molecular flexibility index (Phi) is 1180. The molecule has 0 rings (SSSR count). The molecule has 654 valence electrons. The molecule has 37 heteroatoms. The minimum absolute atomic E-state index is 0. The molecule has 0 aliphatic heterocycles. The van der Waals surface area contributed by atoms with Crippen molar-refractivity contribution in [2.24, 2.45) is 11.5 Å². The van der Waals surface area contributed by atoms with E-state index in [1.165, 1.54) is 32.4 Å². The van der Waals surface area contributed by atoms with Crippen molar-refractivity contribution in [3.05, 3.63) is 0 Å². The Morgan fingerprint density at radius 1 is 0.220 bits per heavy atom. The van der Waals surface area contributed by atoms with Gasteiger partial charge in [0.25, 0.3) is 0 Å². The van der Waals surface area contributed by atoms with E-state index in [1.54, 1.807) is 85.3 Å². The molecule has 0 unspecified atom stereocenters. The van der Waals surface area contributed by atoms with Crippen LogP contribution in [0.2, 0.25) is 24.2 Å². The number of rotatable bonds is 20. The van der Waals surface area contributed by atoms with Crippen molar-refractivity contribution in [2.45, 2.75) is 272 Å². The summed E-state index contributed by atoms with van der Waals surface area (Å²) in [5.41, 5.74) is 10.7. The fraction of sp³-hybridized carbons (Fsp3) is 1.00. The fourth-order valence-electron chi connectivity index (χ4n) is 3.12. The third-order valence-electron chi connectivity index (χ3n) is 5.97. The Morgan fingerprint density at radius 2 is 0.290 bits per heavy atom. The van der Waals surface area contributed by atoms with Gasteiger partial charge in [-0.25, -0.2) is 0 Å². The summed E-state index contributed by atoms with van der Waals surface area (Å²) in [5, 5.41) is 63.0. The summed E-state index contributed by atoms with van der Waals surface area (Å²) in [5.74, 6) is 0. The molecular formula is C63H202Al4N2O27Si4. The van der Waals surface area contributed by atoms with Crippen LogP contribution in [0.5, 0.6) is 0 Å². The summed E-state index contributed by atoms with van der Waals surface area (Å²) in [6.45, 7) is 69.3. The van der Waals surface area contributed by atoms with Crippen LogP contribution in [0.25, 0.3) is 0 Å². The zero-order chi connectivity index (χ0) is 86.1. The zero-order valence-corrected chi connectivity index (χ0v) is 86.5. The van der Waals surface area contributed by atoms with Gasteiger partial charge in [0.1, 0.15) is 0 Å². The van der Waals surface area contributed by atoms with Crippen LogP contribution in [-0.4, -0.2) is 333 Å². The second-order valence-electron chi connectivity index (χ2n) is 7.67. The van der Waals surface area contributed by atoms with E-state index >= 15 is 0 Å². The Hall–Kier alpha value is 1.52. The molecule has 0 heterocycles. The van der Waals surface area contributed by atoms with Gasteiger partial charge >= 0.3 is 75.3 Å². The van der Waals surface area contributed by atoms with Crippen molar-refractivity contribution in [2.75, 3.05) is 162 Å². The average Bonchev–Trinajstić information content (AvgIpc) is 3.51. The monoisotopic (exact) mass is 1640 g/mol. The molecule has 0 aliphatic carbocycles. The Labute approximate surface area is 672 Å². The SMILES string of the molecule is CC.CC.CC.CC.CC.CC.CC.CC.CC.CC.CC.CC.CC.CC.CC.CC.CC[Si](OC)(OC)OC.CC[Si](OC)(OC)OC.CO.CO.CO.CO.CO.CO.CO.CO.CO.CO[Si](CCCN)(OC)OC.CO[Si](CCCN)(OC)OC.O.O.O.O.[Al].[Al].[O]=[Al].[O]=[Al]. The molecule has 100 heavy (non-hydrogen) atoms. The predicted molar refractivity (Wildman–Crippen MR) is 459 cm³/mol. The normalized spacial score (nSPS) is 6.36. The van der Waals surface area contributed by atoms with E-state index < -0.39 is 35.2 Å².